The number of carbonyl (C=O) groups is 1. The zero-order valence-electron chi connectivity index (χ0n) is 13.8. The Kier molecular flexibility index (Phi) is 4.06. The van der Waals surface area contributed by atoms with Gasteiger partial charge in [0.15, 0.2) is 10.8 Å². The number of thiazole rings is 1. The van der Waals surface area contributed by atoms with Crippen molar-refractivity contribution >= 4 is 33.1 Å². The fraction of sp³-hybridized carbons (Fsp3) is 0.0526. The summed E-state index contributed by atoms with van der Waals surface area (Å²) in [4.78, 5) is 28.9. The number of hydrogen-bond acceptors (Lipinski definition) is 5. The molecular weight excluding hydrogens is 348 g/mol. The number of fused-ring (bicyclic) bond motifs is 1. The highest BCUT2D eigenvalue weighted by Gasteiger charge is 2.15. The molecule has 0 atom stereocenters. The highest BCUT2D eigenvalue weighted by molar-refractivity contribution is 7.14. The minimum absolute atomic E-state index is 0.160. The number of hydrogen-bond donors (Lipinski definition) is 2. The van der Waals surface area contributed by atoms with Crippen LogP contribution in [0.4, 0.5) is 5.13 Å². The molecule has 0 radical (unpaired) electrons. The first kappa shape index (κ1) is 16.2. The molecular formula is C19H14N4O2S. The molecule has 6 nitrogen and oxygen atoms in total. The number of amides is 1. The molecule has 2 heterocycles. The number of aromatic nitrogens is 3. The molecule has 0 spiro atoms. The van der Waals surface area contributed by atoms with Gasteiger partial charge in [0, 0.05) is 16.3 Å². The lowest BCUT2D eigenvalue weighted by Crippen LogP contribution is -2.19. The van der Waals surface area contributed by atoms with Crippen molar-refractivity contribution in [2.24, 2.45) is 0 Å². The number of rotatable bonds is 3. The van der Waals surface area contributed by atoms with Gasteiger partial charge in [0.1, 0.15) is 0 Å². The van der Waals surface area contributed by atoms with E-state index < -0.39 is 5.91 Å². The van der Waals surface area contributed by atoms with Crippen LogP contribution >= 0.6 is 11.3 Å². The van der Waals surface area contributed by atoms with Gasteiger partial charge in [-0.05, 0) is 13.0 Å². The molecule has 2 aromatic carbocycles. The molecule has 0 saturated heterocycles. The number of nitrogens with zero attached hydrogens (tertiary/aromatic N) is 2. The SMILES string of the molecule is Cc1ccc(-c2csc(NC(=O)c3n[nH]c(=O)c4ccccc34)n2)cc1. The summed E-state index contributed by atoms with van der Waals surface area (Å²) in [5.41, 5.74) is 2.79. The lowest BCUT2D eigenvalue weighted by molar-refractivity contribution is 0.102. The third-order valence-corrected chi connectivity index (χ3v) is 4.74. The summed E-state index contributed by atoms with van der Waals surface area (Å²) in [6.45, 7) is 2.03. The topological polar surface area (TPSA) is 87.7 Å². The highest BCUT2D eigenvalue weighted by Crippen LogP contribution is 2.25. The zero-order valence-corrected chi connectivity index (χ0v) is 14.6. The molecule has 7 heteroatoms. The number of anilines is 1. The van der Waals surface area contributed by atoms with Crippen molar-refractivity contribution in [1.29, 1.82) is 0 Å². The van der Waals surface area contributed by atoms with Gasteiger partial charge in [-0.2, -0.15) is 5.10 Å². The monoisotopic (exact) mass is 362 g/mol. The molecule has 26 heavy (non-hydrogen) atoms. The lowest BCUT2D eigenvalue weighted by atomic mass is 10.1. The van der Waals surface area contributed by atoms with Gasteiger partial charge in [0.2, 0.25) is 0 Å². The van der Waals surface area contributed by atoms with Crippen molar-refractivity contribution in [3.8, 4) is 11.3 Å². The van der Waals surface area contributed by atoms with E-state index in [4.69, 9.17) is 0 Å². The maximum atomic E-state index is 12.6. The molecule has 0 aliphatic rings. The number of benzene rings is 2. The van der Waals surface area contributed by atoms with Crippen LogP contribution in [0.25, 0.3) is 22.0 Å². The lowest BCUT2D eigenvalue weighted by Gasteiger charge is -2.04. The van der Waals surface area contributed by atoms with E-state index in [0.29, 0.717) is 15.9 Å². The molecule has 4 rings (SSSR count). The van der Waals surface area contributed by atoms with Gasteiger partial charge in [0.25, 0.3) is 11.5 Å². The molecule has 2 aromatic heterocycles. The van der Waals surface area contributed by atoms with Crippen LogP contribution in [0, 0.1) is 6.92 Å². The molecule has 0 aliphatic heterocycles. The third-order valence-electron chi connectivity index (χ3n) is 3.98. The van der Waals surface area contributed by atoms with Crippen LogP contribution in [0.5, 0.6) is 0 Å². The first-order chi connectivity index (χ1) is 12.6. The summed E-state index contributed by atoms with van der Waals surface area (Å²) in [6, 6.07) is 14.9. The van der Waals surface area contributed by atoms with Gasteiger partial charge in [-0.25, -0.2) is 10.1 Å². The van der Waals surface area contributed by atoms with Crippen molar-refractivity contribution in [3.63, 3.8) is 0 Å². The Morgan fingerprint density at radius 1 is 1.08 bits per heavy atom. The van der Waals surface area contributed by atoms with E-state index in [1.807, 2.05) is 36.6 Å². The van der Waals surface area contributed by atoms with Gasteiger partial charge in [-0.1, -0.05) is 48.0 Å². The van der Waals surface area contributed by atoms with Crippen LogP contribution < -0.4 is 10.9 Å². The number of nitrogens with one attached hydrogen (secondary N) is 2. The van der Waals surface area contributed by atoms with Crippen molar-refractivity contribution in [3.05, 3.63) is 75.5 Å². The normalized spacial score (nSPS) is 10.8. The maximum absolute atomic E-state index is 12.6. The Bertz CT molecular complexity index is 1160. The standard InChI is InChI=1S/C19H14N4O2S/c1-11-6-8-12(9-7-11)15-10-26-19(20-15)21-18(25)16-13-4-2-3-5-14(13)17(24)23-22-16/h2-10H,1H3,(H,23,24)(H,20,21,25). The quantitative estimate of drug-likeness (QED) is 0.583. The van der Waals surface area contributed by atoms with E-state index in [0.717, 1.165) is 11.3 Å². The summed E-state index contributed by atoms with van der Waals surface area (Å²) < 4.78 is 0. The Morgan fingerprint density at radius 2 is 1.81 bits per heavy atom. The van der Waals surface area contributed by atoms with E-state index >= 15 is 0 Å². The molecule has 0 aliphatic carbocycles. The second-order valence-corrected chi connectivity index (χ2v) is 6.66. The van der Waals surface area contributed by atoms with E-state index in [-0.39, 0.29) is 11.3 Å². The predicted molar refractivity (Wildman–Crippen MR) is 103 cm³/mol. The number of aryl methyl sites for hydroxylation is 1. The van der Waals surface area contributed by atoms with Crippen LogP contribution in [0.3, 0.4) is 0 Å². The molecule has 0 saturated carbocycles. The van der Waals surface area contributed by atoms with Crippen LogP contribution in [0.15, 0.2) is 58.7 Å². The van der Waals surface area contributed by atoms with Gasteiger partial charge in [-0.15, -0.1) is 11.3 Å². The first-order valence-corrected chi connectivity index (χ1v) is 8.81. The molecule has 128 valence electrons. The Labute approximate surface area is 152 Å². The summed E-state index contributed by atoms with van der Waals surface area (Å²) in [7, 11) is 0. The van der Waals surface area contributed by atoms with Crippen LogP contribution in [0.2, 0.25) is 0 Å². The number of carbonyl (C=O) groups excluding carboxylic acids is 1. The Balaban J connectivity index is 1.63. The smallest absolute Gasteiger partial charge is 0.278 e. The molecule has 2 N–H and O–H groups in total. The van der Waals surface area contributed by atoms with Crippen molar-refractivity contribution in [1.82, 2.24) is 15.2 Å². The average Bonchev–Trinajstić information content (AvgIpc) is 3.11. The number of H-pyrrole nitrogens is 1. The second-order valence-electron chi connectivity index (χ2n) is 5.80. The minimum Gasteiger partial charge on any atom is -0.296 e. The van der Waals surface area contributed by atoms with E-state index in [9.17, 15) is 9.59 Å². The Morgan fingerprint density at radius 3 is 2.58 bits per heavy atom. The van der Waals surface area contributed by atoms with Crippen molar-refractivity contribution in [2.75, 3.05) is 5.32 Å². The summed E-state index contributed by atoms with van der Waals surface area (Å²) in [6.07, 6.45) is 0. The zero-order chi connectivity index (χ0) is 18.1. The Hall–Kier alpha value is -3.32. The van der Waals surface area contributed by atoms with Crippen LogP contribution in [0.1, 0.15) is 16.1 Å². The van der Waals surface area contributed by atoms with Gasteiger partial charge in [-0.3, -0.25) is 14.9 Å². The first-order valence-electron chi connectivity index (χ1n) is 7.93. The molecule has 0 unspecified atom stereocenters. The largest absolute Gasteiger partial charge is 0.296 e. The summed E-state index contributed by atoms with van der Waals surface area (Å²) in [5.74, 6) is -0.415. The maximum Gasteiger partial charge on any atom is 0.278 e. The third kappa shape index (κ3) is 3.00. The van der Waals surface area contributed by atoms with Gasteiger partial charge >= 0.3 is 0 Å². The fourth-order valence-corrected chi connectivity index (χ4v) is 3.35. The van der Waals surface area contributed by atoms with E-state index in [1.165, 1.54) is 16.9 Å². The van der Waals surface area contributed by atoms with Gasteiger partial charge in [0.05, 0.1) is 11.1 Å². The van der Waals surface area contributed by atoms with Gasteiger partial charge < -0.3 is 0 Å². The minimum atomic E-state index is -0.415. The highest BCUT2D eigenvalue weighted by atomic mass is 32.1. The molecule has 0 bridgehead atoms. The van der Waals surface area contributed by atoms with Crippen LogP contribution in [-0.4, -0.2) is 21.1 Å². The van der Waals surface area contributed by atoms with E-state index in [2.05, 4.69) is 20.5 Å². The van der Waals surface area contributed by atoms with Crippen LogP contribution in [-0.2, 0) is 0 Å². The molecule has 4 aromatic rings. The molecule has 0 fully saturated rings. The van der Waals surface area contributed by atoms with Crippen molar-refractivity contribution < 1.29 is 4.79 Å². The average molecular weight is 362 g/mol. The fourth-order valence-electron chi connectivity index (χ4n) is 2.63. The summed E-state index contributed by atoms with van der Waals surface area (Å²) in [5, 5.41) is 12.3. The van der Waals surface area contributed by atoms with E-state index in [1.54, 1.807) is 24.3 Å². The number of aromatic amines is 1. The molecule has 1 amide bonds. The summed E-state index contributed by atoms with van der Waals surface area (Å²) >= 11 is 1.34. The van der Waals surface area contributed by atoms with Crippen molar-refractivity contribution in [2.45, 2.75) is 6.92 Å². The predicted octanol–water partition coefficient (Wildman–Crippen LogP) is 3.61. The second kappa shape index (κ2) is 6.53.